The highest BCUT2D eigenvalue weighted by Gasteiger charge is 2.40. The van der Waals surface area contributed by atoms with Gasteiger partial charge in [-0.1, -0.05) is 0 Å². The van der Waals surface area contributed by atoms with Gasteiger partial charge in [-0.15, -0.1) is 0 Å². The van der Waals surface area contributed by atoms with Crippen LogP contribution < -0.4 is 0 Å². The second-order valence-corrected chi connectivity index (χ2v) is 4.64. The minimum absolute atomic E-state index is 0.0127. The van der Waals surface area contributed by atoms with E-state index in [0.29, 0.717) is 24.5 Å². The van der Waals surface area contributed by atoms with Gasteiger partial charge in [-0.05, 0) is 26.3 Å². The monoisotopic (exact) mass is 263 g/mol. The van der Waals surface area contributed by atoms with Gasteiger partial charge in [0.15, 0.2) is 0 Å². The lowest BCUT2D eigenvalue weighted by atomic mass is 9.86. The third-order valence-electron chi connectivity index (χ3n) is 3.46. The second kappa shape index (κ2) is 5.34. The molecule has 1 fully saturated rings. The van der Waals surface area contributed by atoms with Crippen LogP contribution in [-0.2, 0) is 9.59 Å². The predicted octanol–water partition coefficient (Wildman–Crippen LogP) is 1.17. The molecule has 1 aliphatic rings. The van der Waals surface area contributed by atoms with Gasteiger partial charge in [-0.25, -0.2) is 9.97 Å². The van der Waals surface area contributed by atoms with Crippen molar-refractivity contribution < 1.29 is 14.7 Å². The van der Waals surface area contributed by atoms with E-state index in [4.69, 9.17) is 0 Å². The van der Waals surface area contributed by atoms with Crippen LogP contribution in [0.5, 0.6) is 0 Å². The van der Waals surface area contributed by atoms with Crippen LogP contribution in [-0.4, -0.2) is 38.4 Å². The highest BCUT2D eigenvalue weighted by atomic mass is 16.4. The smallest absolute Gasteiger partial charge is 0.309 e. The lowest BCUT2D eigenvalue weighted by Crippen LogP contribution is -2.45. The number of amides is 1. The number of carboxylic acids is 1. The fraction of sp³-hybridized carbons (Fsp3) is 0.538. The number of likely N-dealkylation sites (tertiary alicyclic amines) is 1. The van der Waals surface area contributed by atoms with E-state index in [1.165, 1.54) is 0 Å². The summed E-state index contributed by atoms with van der Waals surface area (Å²) in [6.07, 6.45) is 2.24. The first-order valence-corrected chi connectivity index (χ1v) is 6.36. The number of aryl methyl sites for hydroxylation is 1. The number of aromatic nitrogens is 2. The van der Waals surface area contributed by atoms with Gasteiger partial charge in [0.1, 0.15) is 5.82 Å². The molecular weight excluding hydrogens is 246 g/mol. The number of hydrogen-bond donors (Lipinski definition) is 1. The van der Waals surface area contributed by atoms with Crippen molar-refractivity contribution in [1.82, 2.24) is 14.9 Å². The van der Waals surface area contributed by atoms with Gasteiger partial charge < -0.3 is 10.0 Å². The maximum atomic E-state index is 12.0. The van der Waals surface area contributed by atoms with Crippen LogP contribution in [0.4, 0.5) is 0 Å². The first-order chi connectivity index (χ1) is 9.04. The second-order valence-electron chi connectivity index (χ2n) is 4.64. The molecule has 0 bridgehead atoms. The quantitative estimate of drug-likeness (QED) is 0.885. The Balaban J connectivity index is 2.44. The number of rotatable bonds is 3. The van der Waals surface area contributed by atoms with Crippen LogP contribution in [0.15, 0.2) is 12.3 Å². The molecular formula is C13H17N3O3. The van der Waals surface area contributed by atoms with Crippen molar-refractivity contribution in [1.29, 1.82) is 0 Å². The molecule has 1 aliphatic heterocycles. The molecule has 0 saturated carbocycles. The Labute approximate surface area is 111 Å². The summed E-state index contributed by atoms with van der Waals surface area (Å²) < 4.78 is 0. The molecule has 6 heteroatoms. The molecule has 19 heavy (non-hydrogen) atoms. The summed E-state index contributed by atoms with van der Waals surface area (Å²) in [5, 5.41) is 9.36. The standard InChI is InChI=1S/C13H17N3O3/c1-3-16-11(17)5-4-9(13(18)19)12(16)10-6-7-14-8(2)15-10/h6-7,9,12H,3-5H2,1-2H3,(H,18,19). The summed E-state index contributed by atoms with van der Waals surface area (Å²) in [6, 6.07) is 1.19. The average molecular weight is 263 g/mol. The van der Waals surface area contributed by atoms with Gasteiger partial charge in [-0.3, -0.25) is 9.59 Å². The SMILES string of the molecule is CCN1C(=O)CCC(C(=O)O)C1c1ccnc(C)n1. The van der Waals surface area contributed by atoms with E-state index in [0.717, 1.165) is 0 Å². The molecule has 2 atom stereocenters. The van der Waals surface area contributed by atoms with Crippen LogP contribution in [0.25, 0.3) is 0 Å². The summed E-state index contributed by atoms with van der Waals surface area (Å²) in [6.45, 7) is 4.08. The van der Waals surface area contributed by atoms with E-state index in [2.05, 4.69) is 9.97 Å². The molecule has 2 heterocycles. The van der Waals surface area contributed by atoms with Crippen molar-refractivity contribution in [3.63, 3.8) is 0 Å². The third kappa shape index (κ3) is 2.57. The van der Waals surface area contributed by atoms with E-state index in [1.807, 2.05) is 6.92 Å². The van der Waals surface area contributed by atoms with Crippen molar-refractivity contribution in [2.45, 2.75) is 32.7 Å². The third-order valence-corrected chi connectivity index (χ3v) is 3.46. The Kier molecular flexibility index (Phi) is 3.78. The Morgan fingerprint density at radius 3 is 2.89 bits per heavy atom. The normalized spacial score (nSPS) is 23.5. The summed E-state index contributed by atoms with van der Waals surface area (Å²) in [5.41, 5.74) is 0.606. The van der Waals surface area contributed by atoms with Gasteiger partial charge in [-0.2, -0.15) is 0 Å². The molecule has 0 radical (unpaired) electrons. The molecule has 1 aromatic rings. The summed E-state index contributed by atoms with van der Waals surface area (Å²) in [7, 11) is 0. The molecule has 0 spiro atoms. The van der Waals surface area contributed by atoms with E-state index in [9.17, 15) is 14.7 Å². The van der Waals surface area contributed by atoms with Crippen molar-refractivity contribution in [2.24, 2.45) is 5.92 Å². The van der Waals surface area contributed by atoms with Gasteiger partial charge in [0.2, 0.25) is 5.91 Å². The highest BCUT2D eigenvalue weighted by molar-refractivity contribution is 5.81. The molecule has 1 N–H and O–H groups in total. The predicted molar refractivity (Wildman–Crippen MR) is 67.3 cm³/mol. The maximum absolute atomic E-state index is 12.0. The minimum Gasteiger partial charge on any atom is -0.481 e. The zero-order chi connectivity index (χ0) is 14.0. The van der Waals surface area contributed by atoms with Crippen molar-refractivity contribution >= 4 is 11.9 Å². The number of carbonyl (C=O) groups excluding carboxylic acids is 1. The van der Waals surface area contributed by atoms with E-state index in [-0.39, 0.29) is 12.3 Å². The molecule has 1 aromatic heterocycles. The first-order valence-electron chi connectivity index (χ1n) is 6.36. The van der Waals surface area contributed by atoms with Crippen LogP contribution in [0, 0.1) is 12.8 Å². The van der Waals surface area contributed by atoms with E-state index >= 15 is 0 Å². The van der Waals surface area contributed by atoms with Crippen molar-refractivity contribution in [2.75, 3.05) is 6.54 Å². The molecule has 0 aromatic carbocycles. The molecule has 6 nitrogen and oxygen atoms in total. The van der Waals surface area contributed by atoms with E-state index < -0.39 is 17.9 Å². The topological polar surface area (TPSA) is 83.4 Å². The average Bonchev–Trinajstić information content (AvgIpc) is 2.37. The Morgan fingerprint density at radius 1 is 1.58 bits per heavy atom. The molecule has 1 amide bonds. The largest absolute Gasteiger partial charge is 0.481 e. The highest BCUT2D eigenvalue weighted by Crippen LogP contribution is 2.35. The van der Waals surface area contributed by atoms with Gasteiger partial charge >= 0.3 is 5.97 Å². The summed E-state index contributed by atoms with van der Waals surface area (Å²) >= 11 is 0. The van der Waals surface area contributed by atoms with Crippen LogP contribution in [0.3, 0.4) is 0 Å². The van der Waals surface area contributed by atoms with Gasteiger partial charge in [0.05, 0.1) is 17.7 Å². The van der Waals surface area contributed by atoms with Crippen molar-refractivity contribution in [3.8, 4) is 0 Å². The van der Waals surface area contributed by atoms with E-state index in [1.54, 1.807) is 24.1 Å². The Bertz CT molecular complexity index is 502. The minimum atomic E-state index is -0.882. The molecule has 0 aliphatic carbocycles. The zero-order valence-electron chi connectivity index (χ0n) is 11.0. The number of hydrogen-bond acceptors (Lipinski definition) is 4. The van der Waals surface area contributed by atoms with Crippen LogP contribution in [0.2, 0.25) is 0 Å². The number of carboxylic acid groups (broad SMARTS) is 1. The van der Waals surface area contributed by atoms with Crippen LogP contribution >= 0.6 is 0 Å². The number of aliphatic carboxylic acids is 1. The lowest BCUT2D eigenvalue weighted by molar-refractivity contribution is -0.152. The number of piperidine rings is 1. The van der Waals surface area contributed by atoms with Gasteiger partial charge in [0, 0.05) is 19.2 Å². The summed E-state index contributed by atoms with van der Waals surface area (Å²) in [4.78, 5) is 33.3. The van der Waals surface area contributed by atoms with Gasteiger partial charge in [0.25, 0.3) is 0 Å². The maximum Gasteiger partial charge on any atom is 0.309 e. The zero-order valence-corrected chi connectivity index (χ0v) is 11.0. The molecule has 1 saturated heterocycles. The van der Waals surface area contributed by atoms with Crippen molar-refractivity contribution in [3.05, 3.63) is 23.8 Å². The fourth-order valence-corrected chi connectivity index (χ4v) is 2.59. The Morgan fingerprint density at radius 2 is 2.32 bits per heavy atom. The molecule has 2 rings (SSSR count). The molecule has 2 unspecified atom stereocenters. The number of carbonyl (C=O) groups is 2. The van der Waals surface area contributed by atoms with Crippen LogP contribution in [0.1, 0.15) is 37.3 Å². The number of nitrogens with zero attached hydrogens (tertiary/aromatic N) is 3. The fourth-order valence-electron chi connectivity index (χ4n) is 2.59. The lowest BCUT2D eigenvalue weighted by Gasteiger charge is -2.38. The summed E-state index contributed by atoms with van der Waals surface area (Å²) in [5.74, 6) is -0.920. The Hall–Kier alpha value is -1.98. The first kappa shape index (κ1) is 13.5. The molecule has 102 valence electrons.